The van der Waals surface area contributed by atoms with Gasteiger partial charge in [-0.2, -0.15) is 0 Å². The first-order valence-corrected chi connectivity index (χ1v) is 9.53. The van der Waals surface area contributed by atoms with Gasteiger partial charge in [-0.05, 0) is 37.0 Å². The second kappa shape index (κ2) is 9.71. The molecule has 2 heterocycles. The molecule has 140 valence electrons. The number of benzene rings is 1. The minimum Gasteiger partial charge on any atom is -0.355 e. The normalized spacial score (nSPS) is 18.0. The summed E-state index contributed by atoms with van der Waals surface area (Å²) in [6.45, 7) is 4.04. The molecule has 2 aromatic rings. The zero-order valence-corrected chi connectivity index (χ0v) is 15.6. The molecule has 1 saturated heterocycles. The highest BCUT2D eigenvalue weighted by molar-refractivity contribution is 6.30. The molecule has 6 nitrogen and oxygen atoms in total. The number of halogens is 1. The standard InChI is InChI=1S/C19H26ClN5O/c20-16-6-4-15(5-7-16)12-25-10-9-22-18(13-25)19(26)23-8-2-1-3-17-11-21-14-24-17/h4-7,11,14,18,22H,1-3,8-10,12-13H2,(H,21,24)(H,23,26). The molecule has 1 fully saturated rings. The van der Waals surface area contributed by atoms with Crippen molar-refractivity contribution >= 4 is 17.5 Å². The van der Waals surface area contributed by atoms with E-state index < -0.39 is 0 Å². The Labute approximate surface area is 159 Å². The van der Waals surface area contributed by atoms with Crippen LogP contribution in [0.2, 0.25) is 5.02 Å². The van der Waals surface area contributed by atoms with Crippen molar-refractivity contribution in [3.63, 3.8) is 0 Å². The Balaban J connectivity index is 1.36. The zero-order chi connectivity index (χ0) is 18.2. The summed E-state index contributed by atoms with van der Waals surface area (Å²) in [7, 11) is 0. The average molecular weight is 376 g/mol. The van der Waals surface area contributed by atoms with Gasteiger partial charge in [0, 0.05) is 49.6 Å². The lowest BCUT2D eigenvalue weighted by molar-refractivity contribution is -0.124. The number of hydrogen-bond acceptors (Lipinski definition) is 4. The van der Waals surface area contributed by atoms with Crippen LogP contribution in [0.3, 0.4) is 0 Å². The van der Waals surface area contributed by atoms with Gasteiger partial charge in [-0.1, -0.05) is 23.7 Å². The lowest BCUT2D eigenvalue weighted by Gasteiger charge is -2.33. The highest BCUT2D eigenvalue weighted by Crippen LogP contribution is 2.12. The molecule has 0 bridgehead atoms. The van der Waals surface area contributed by atoms with Crippen LogP contribution in [0.15, 0.2) is 36.8 Å². The summed E-state index contributed by atoms with van der Waals surface area (Å²) in [5.74, 6) is 0.0901. The van der Waals surface area contributed by atoms with E-state index in [1.807, 2.05) is 30.5 Å². The summed E-state index contributed by atoms with van der Waals surface area (Å²) in [6, 6.07) is 7.75. The van der Waals surface area contributed by atoms with Crippen LogP contribution in [0.1, 0.15) is 24.1 Å². The van der Waals surface area contributed by atoms with Crippen LogP contribution < -0.4 is 10.6 Å². The van der Waals surface area contributed by atoms with Gasteiger partial charge in [-0.3, -0.25) is 9.69 Å². The fourth-order valence-corrected chi connectivity index (χ4v) is 3.30. The molecule has 1 aromatic carbocycles. The molecule has 0 spiro atoms. The maximum Gasteiger partial charge on any atom is 0.238 e. The van der Waals surface area contributed by atoms with E-state index in [1.54, 1.807) is 6.33 Å². The van der Waals surface area contributed by atoms with Crippen molar-refractivity contribution in [1.29, 1.82) is 0 Å². The number of rotatable bonds is 8. The SMILES string of the molecule is O=C(NCCCCc1cnc[nH]1)C1CN(Cc2ccc(Cl)cc2)CCN1. The third-order valence-electron chi connectivity index (χ3n) is 4.62. The number of amides is 1. The third-order valence-corrected chi connectivity index (χ3v) is 4.87. The van der Waals surface area contributed by atoms with Gasteiger partial charge in [-0.15, -0.1) is 0 Å². The van der Waals surface area contributed by atoms with Gasteiger partial charge in [0.1, 0.15) is 0 Å². The molecule has 7 heteroatoms. The fraction of sp³-hybridized carbons (Fsp3) is 0.474. The maximum absolute atomic E-state index is 12.4. The fourth-order valence-electron chi connectivity index (χ4n) is 3.17. The highest BCUT2D eigenvalue weighted by atomic mass is 35.5. The number of unbranched alkanes of at least 4 members (excludes halogenated alkanes) is 1. The maximum atomic E-state index is 12.4. The lowest BCUT2D eigenvalue weighted by Crippen LogP contribution is -2.56. The van der Waals surface area contributed by atoms with Crippen molar-refractivity contribution in [2.24, 2.45) is 0 Å². The average Bonchev–Trinajstić information content (AvgIpc) is 3.17. The molecular formula is C19H26ClN5O. The van der Waals surface area contributed by atoms with Crippen molar-refractivity contribution in [2.45, 2.75) is 31.8 Å². The van der Waals surface area contributed by atoms with E-state index in [0.717, 1.165) is 56.2 Å². The Hall–Kier alpha value is -1.89. The minimum absolute atomic E-state index is 0.0901. The van der Waals surface area contributed by atoms with E-state index >= 15 is 0 Å². The van der Waals surface area contributed by atoms with Crippen molar-refractivity contribution < 1.29 is 4.79 Å². The van der Waals surface area contributed by atoms with Crippen LogP contribution in [0.4, 0.5) is 0 Å². The summed E-state index contributed by atoms with van der Waals surface area (Å²) in [6.07, 6.45) is 6.50. The zero-order valence-electron chi connectivity index (χ0n) is 14.9. The summed E-state index contributed by atoms with van der Waals surface area (Å²) >= 11 is 5.94. The summed E-state index contributed by atoms with van der Waals surface area (Å²) in [5, 5.41) is 7.12. The summed E-state index contributed by atoms with van der Waals surface area (Å²) in [5.41, 5.74) is 2.36. The van der Waals surface area contributed by atoms with E-state index in [-0.39, 0.29) is 11.9 Å². The molecule has 0 aliphatic carbocycles. The number of piperazine rings is 1. The van der Waals surface area contributed by atoms with E-state index in [1.165, 1.54) is 5.56 Å². The van der Waals surface area contributed by atoms with Gasteiger partial charge in [0.2, 0.25) is 5.91 Å². The number of nitrogens with one attached hydrogen (secondary N) is 3. The van der Waals surface area contributed by atoms with Crippen LogP contribution in [0, 0.1) is 0 Å². The highest BCUT2D eigenvalue weighted by Gasteiger charge is 2.24. The molecule has 1 atom stereocenters. The van der Waals surface area contributed by atoms with Crippen LogP contribution in [0.5, 0.6) is 0 Å². The van der Waals surface area contributed by atoms with Gasteiger partial charge in [-0.25, -0.2) is 4.98 Å². The summed E-state index contributed by atoms with van der Waals surface area (Å²) in [4.78, 5) is 21.8. The molecule has 0 saturated carbocycles. The minimum atomic E-state index is -0.149. The second-order valence-electron chi connectivity index (χ2n) is 6.69. The molecule has 0 radical (unpaired) electrons. The number of H-pyrrole nitrogens is 1. The van der Waals surface area contributed by atoms with Crippen LogP contribution in [-0.4, -0.2) is 53.0 Å². The first-order chi connectivity index (χ1) is 12.7. The predicted molar refractivity (Wildman–Crippen MR) is 103 cm³/mol. The lowest BCUT2D eigenvalue weighted by atomic mass is 10.1. The molecule has 3 N–H and O–H groups in total. The molecule has 1 amide bonds. The van der Waals surface area contributed by atoms with Crippen LogP contribution in [-0.2, 0) is 17.8 Å². The molecule has 26 heavy (non-hydrogen) atoms. The monoisotopic (exact) mass is 375 g/mol. The molecule has 1 unspecified atom stereocenters. The van der Waals surface area contributed by atoms with Gasteiger partial charge >= 0.3 is 0 Å². The van der Waals surface area contributed by atoms with E-state index in [2.05, 4.69) is 25.5 Å². The largest absolute Gasteiger partial charge is 0.355 e. The first-order valence-electron chi connectivity index (χ1n) is 9.16. The Morgan fingerprint density at radius 3 is 2.92 bits per heavy atom. The summed E-state index contributed by atoms with van der Waals surface area (Å²) < 4.78 is 0. The van der Waals surface area contributed by atoms with Gasteiger partial charge in [0.25, 0.3) is 0 Å². The Morgan fingerprint density at radius 2 is 2.15 bits per heavy atom. The molecular weight excluding hydrogens is 350 g/mol. The van der Waals surface area contributed by atoms with Gasteiger partial charge in [0.15, 0.2) is 0 Å². The predicted octanol–water partition coefficient (Wildman–Crippen LogP) is 1.98. The smallest absolute Gasteiger partial charge is 0.238 e. The number of aryl methyl sites for hydroxylation is 1. The van der Waals surface area contributed by atoms with E-state index in [0.29, 0.717) is 6.54 Å². The Kier molecular flexibility index (Phi) is 7.05. The molecule has 3 rings (SSSR count). The van der Waals surface area contributed by atoms with Gasteiger partial charge in [0.05, 0.1) is 12.4 Å². The number of aromatic amines is 1. The van der Waals surface area contributed by atoms with E-state index in [9.17, 15) is 4.79 Å². The van der Waals surface area contributed by atoms with Crippen molar-refractivity contribution in [2.75, 3.05) is 26.2 Å². The van der Waals surface area contributed by atoms with Gasteiger partial charge < -0.3 is 15.6 Å². The number of aromatic nitrogens is 2. The Bertz CT molecular complexity index is 674. The quantitative estimate of drug-likeness (QED) is 0.617. The van der Waals surface area contributed by atoms with Crippen molar-refractivity contribution in [3.8, 4) is 0 Å². The van der Waals surface area contributed by atoms with Crippen LogP contribution in [0.25, 0.3) is 0 Å². The van der Waals surface area contributed by atoms with Crippen LogP contribution >= 0.6 is 11.6 Å². The number of imidazole rings is 1. The number of nitrogens with zero attached hydrogens (tertiary/aromatic N) is 2. The number of carbonyl (C=O) groups excluding carboxylic acids is 1. The molecule has 1 aliphatic rings. The van der Waals surface area contributed by atoms with Crippen molar-refractivity contribution in [3.05, 3.63) is 53.1 Å². The number of hydrogen-bond donors (Lipinski definition) is 3. The topological polar surface area (TPSA) is 73.0 Å². The molecule has 1 aromatic heterocycles. The molecule has 1 aliphatic heterocycles. The number of carbonyl (C=O) groups is 1. The van der Waals surface area contributed by atoms with E-state index in [4.69, 9.17) is 11.6 Å². The second-order valence-corrected chi connectivity index (χ2v) is 7.13. The third kappa shape index (κ3) is 5.83. The Morgan fingerprint density at radius 1 is 1.31 bits per heavy atom. The van der Waals surface area contributed by atoms with Crippen molar-refractivity contribution in [1.82, 2.24) is 25.5 Å². The first kappa shape index (κ1) is 18.9.